The number of aromatic nitrogens is 2. The van der Waals surface area contributed by atoms with Crippen molar-refractivity contribution in [2.45, 2.75) is 43.9 Å². The SMILES string of the molecule is COc1ccc(-n2ccnc2CN2CCCC2C2(O)CC2)cc1. The van der Waals surface area contributed by atoms with Crippen LogP contribution in [-0.4, -0.2) is 44.9 Å². The summed E-state index contributed by atoms with van der Waals surface area (Å²) in [6.07, 6.45) is 7.99. The van der Waals surface area contributed by atoms with E-state index in [1.165, 1.54) is 0 Å². The number of imidazole rings is 1. The molecule has 1 saturated heterocycles. The third-order valence-electron chi connectivity index (χ3n) is 5.16. The lowest BCUT2D eigenvalue weighted by Gasteiger charge is -2.28. The Labute approximate surface area is 136 Å². The number of rotatable bonds is 5. The van der Waals surface area contributed by atoms with Crippen LogP contribution in [0.2, 0.25) is 0 Å². The molecule has 1 N–H and O–H groups in total. The Morgan fingerprint density at radius 3 is 2.78 bits per heavy atom. The highest BCUT2D eigenvalue weighted by Gasteiger charge is 2.51. The summed E-state index contributed by atoms with van der Waals surface area (Å²) >= 11 is 0. The third-order valence-corrected chi connectivity index (χ3v) is 5.16. The molecule has 0 radical (unpaired) electrons. The molecule has 1 aromatic heterocycles. The van der Waals surface area contributed by atoms with Gasteiger partial charge in [0.25, 0.3) is 0 Å². The topological polar surface area (TPSA) is 50.5 Å². The van der Waals surface area contributed by atoms with Gasteiger partial charge in [-0.25, -0.2) is 4.98 Å². The van der Waals surface area contributed by atoms with Crippen LogP contribution in [0, 0.1) is 0 Å². The van der Waals surface area contributed by atoms with Gasteiger partial charge < -0.3 is 14.4 Å². The Balaban J connectivity index is 1.55. The highest BCUT2D eigenvalue weighted by Crippen LogP contribution is 2.44. The second-order valence-electron chi connectivity index (χ2n) is 6.64. The van der Waals surface area contributed by atoms with E-state index in [9.17, 15) is 5.11 Å². The van der Waals surface area contributed by atoms with Crippen molar-refractivity contribution < 1.29 is 9.84 Å². The smallest absolute Gasteiger partial charge is 0.127 e. The summed E-state index contributed by atoms with van der Waals surface area (Å²) in [4.78, 5) is 6.94. The fraction of sp³-hybridized carbons (Fsp3) is 0.500. The molecule has 2 heterocycles. The van der Waals surface area contributed by atoms with E-state index in [0.717, 1.165) is 56.0 Å². The average Bonchev–Trinajstić information content (AvgIpc) is 3.00. The van der Waals surface area contributed by atoms with E-state index in [4.69, 9.17) is 4.74 Å². The standard InChI is InChI=1S/C18H23N3O2/c1-23-15-6-4-14(5-7-15)21-12-10-19-17(21)13-20-11-2-3-16(20)18(22)8-9-18/h4-7,10,12,16,22H,2-3,8-9,11,13H2,1H3. The number of methoxy groups -OCH3 is 1. The van der Waals surface area contributed by atoms with Gasteiger partial charge in [-0.3, -0.25) is 4.90 Å². The molecule has 5 nitrogen and oxygen atoms in total. The molecule has 1 aromatic carbocycles. The van der Waals surface area contributed by atoms with Crippen LogP contribution in [0.15, 0.2) is 36.7 Å². The van der Waals surface area contributed by atoms with Gasteiger partial charge in [-0.15, -0.1) is 0 Å². The lowest BCUT2D eigenvalue weighted by molar-refractivity contribution is 0.0468. The van der Waals surface area contributed by atoms with E-state index in [0.29, 0.717) is 6.04 Å². The van der Waals surface area contributed by atoms with Crippen molar-refractivity contribution in [2.75, 3.05) is 13.7 Å². The van der Waals surface area contributed by atoms with Gasteiger partial charge in [0.05, 0.1) is 19.3 Å². The van der Waals surface area contributed by atoms with E-state index in [2.05, 4.69) is 14.5 Å². The summed E-state index contributed by atoms with van der Waals surface area (Å²) in [7, 11) is 1.67. The van der Waals surface area contributed by atoms with Gasteiger partial charge in [-0.2, -0.15) is 0 Å². The highest BCUT2D eigenvalue weighted by molar-refractivity contribution is 5.38. The number of likely N-dealkylation sites (tertiary alicyclic amines) is 1. The molecule has 2 aliphatic rings. The van der Waals surface area contributed by atoms with E-state index >= 15 is 0 Å². The monoisotopic (exact) mass is 313 g/mol. The maximum Gasteiger partial charge on any atom is 0.127 e. The Kier molecular flexibility index (Phi) is 3.62. The molecule has 122 valence electrons. The first-order valence-electron chi connectivity index (χ1n) is 8.33. The Hall–Kier alpha value is -1.85. The van der Waals surface area contributed by atoms with Crippen LogP contribution in [0.5, 0.6) is 5.75 Å². The molecular formula is C18H23N3O2. The first-order valence-corrected chi connectivity index (χ1v) is 8.33. The first-order chi connectivity index (χ1) is 11.2. The van der Waals surface area contributed by atoms with Crippen molar-refractivity contribution in [3.63, 3.8) is 0 Å². The zero-order chi connectivity index (χ0) is 15.9. The van der Waals surface area contributed by atoms with Crippen molar-refractivity contribution in [3.8, 4) is 11.4 Å². The van der Waals surface area contributed by atoms with Crippen molar-refractivity contribution in [1.29, 1.82) is 0 Å². The second-order valence-corrected chi connectivity index (χ2v) is 6.64. The normalized spacial score (nSPS) is 23.1. The van der Waals surface area contributed by atoms with Crippen LogP contribution in [0.3, 0.4) is 0 Å². The molecule has 0 bridgehead atoms. The van der Waals surface area contributed by atoms with Crippen LogP contribution in [0.1, 0.15) is 31.5 Å². The zero-order valence-electron chi connectivity index (χ0n) is 13.5. The number of benzene rings is 1. The fourth-order valence-electron chi connectivity index (χ4n) is 3.70. The number of aliphatic hydroxyl groups is 1. The van der Waals surface area contributed by atoms with E-state index in [-0.39, 0.29) is 0 Å². The molecule has 1 atom stereocenters. The molecule has 23 heavy (non-hydrogen) atoms. The molecular weight excluding hydrogens is 290 g/mol. The van der Waals surface area contributed by atoms with Crippen LogP contribution < -0.4 is 4.74 Å². The Morgan fingerprint density at radius 2 is 2.09 bits per heavy atom. The summed E-state index contributed by atoms with van der Waals surface area (Å²) in [5.41, 5.74) is 0.646. The predicted octanol–water partition coefficient (Wildman–Crippen LogP) is 2.37. The lowest BCUT2D eigenvalue weighted by atomic mass is 10.1. The third kappa shape index (κ3) is 2.75. The van der Waals surface area contributed by atoms with Gasteiger partial charge in [-0.1, -0.05) is 0 Å². The van der Waals surface area contributed by atoms with E-state index in [1.807, 2.05) is 36.7 Å². The number of nitrogens with zero attached hydrogens (tertiary/aromatic N) is 3. The summed E-state index contributed by atoms with van der Waals surface area (Å²) in [5.74, 6) is 1.87. The molecule has 1 aliphatic heterocycles. The molecule has 2 fully saturated rings. The van der Waals surface area contributed by atoms with Crippen molar-refractivity contribution in [1.82, 2.24) is 14.5 Å². The van der Waals surface area contributed by atoms with Gasteiger partial charge in [0.2, 0.25) is 0 Å². The fourth-order valence-corrected chi connectivity index (χ4v) is 3.70. The Morgan fingerprint density at radius 1 is 1.30 bits per heavy atom. The molecule has 1 unspecified atom stereocenters. The molecule has 4 rings (SSSR count). The van der Waals surface area contributed by atoms with Crippen LogP contribution in [0.4, 0.5) is 0 Å². The minimum atomic E-state index is -0.436. The number of hydrogen-bond acceptors (Lipinski definition) is 4. The van der Waals surface area contributed by atoms with Gasteiger partial charge in [0.1, 0.15) is 11.6 Å². The first kappa shape index (κ1) is 14.7. The minimum Gasteiger partial charge on any atom is -0.497 e. The van der Waals surface area contributed by atoms with Gasteiger partial charge in [-0.05, 0) is 56.5 Å². The second kappa shape index (κ2) is 5.65. The highest BCUT2D eigenvalue weighted by atomic mass is 16.5. The molecule has 0 spiro atoms. The van der Waals surface area contributed by atoms with E-state index in [1.54, 1.807) is 7.11 Å². The minimum absolute atomic E-state index is 0.295. The van der Waals surface area contributed by atoms with Gasteiger partial charge >= 0.3 is 0 Å². The number of hydrogen-bond donors (Lipinski definition) is 1. The van der Waals surface area contributed by atoms with Gasteiger partial charge in [0, 0.05) is 24.1 Å². The predicted molar refractivity (Wildman–Crippen MR) is 87.7 cm³/mol. The van der Waals surface area contributed by atoms with Crippen LogP contribution in [0.25, 0.3) is 5.69 Å². The van der Waals surface area contributed by atoms with Crippen LogP contribution in [-0.2, 0) is 6.54 Å². The Bertz CT molecular complexity index is 676. The molecule has 0 amide bonds. The summed E-state index contributed by atoms with van der Waals surface area (Å²) < 4.78 is 7.34. The molecule has 2 aromatic rings. The molecule has 1 saturated carbocycles. The van der Waals surface area contributed by atoms with Crippen LogP contribution >= 0.6 is 0 Å². The number of ether oxygens (including phenoxy) is 1. The van der Waals surface area contributed by atoms with Crippen molar-refractivity contribution >= 4 is 0 Å². The quantitative estimate of drug-likeness (QED) is 0.921. The maximum absolute atomic E-state index is 10.5. The molecule has 5 heteroatoms. The van der Waals surface area contributed by atoms with Crippen molar-refractivity contribution in [2.24, 2.45) is 0 Å². The molecule has 1 aliphatic carbocycles. The summed E-state index contributed by atoms with van der Waals surface area (Å²) in [6, 6.07) is 8.30. The summed E-state index contributed by atoms with van der Waals surface area (Å²) in [5, 5.41) is 10.5. The van der Waals surface area contributed by atoms with Crippen molar-refractivity contribution in [3.05, 3.63) is 42.5 Å². The maximum atomic E-state index is 10.5. The van der Waals surface area contributed by atoms with Gasteiger partial charge in [0.15, 0.2) is 0 Å². The summed E-state index contributed by atoms with van der Waals surface area (Å²) in [6.45, 7) is 1.83. The average molecular weight is 313 g/mol. The zero-order valence-corrected chi connectivity index (χ0v) is 13.5. The lowest BCUT2D eigenvalue weighted by Crippen LogP contribution is -2.40. The van der Waals surface area contributed by atoms with E-state index < -0.39 is 5.60 Å². The largest absolute Gasteiger partial charge is 0.497 e.